The first-order chi connectivity index (χ1) is 17.1. The van der Waals surface area contributed by atoms with Gasteiger partial charge < -0.3 is 4.42 Å². The van der Waals surface area contributed by atoms with Crippen molar-refractivity contribution >= 4 is 21.9 Å². The van der Waals surface area contributed by atoms with E-state index in [0.717, 1.165) is 28.5 Å². The van der Waals surface area contributed by atoms with Gasteiger partial charge in [0.05, 0.1) is 5.56 Å². The Labute approximate surface area is 205 Å². The van der Waals surface area contributed by atoms with Crippen molar-refractivity contribution in [3.05, 3.63) is 120 Å². The zero-order valence-electron chi connectivity index (χ0n) is 20.3. The zero-order valence-corrected chi connectivity index (χ0v) is 20.3. The quantitative estimate of drug-likeness (QED) is 0.271. The predicted octanol–water partition coefficient (Wildman–Crippen LogP) is 6.70. The van der Waals surface area contributed by atoms with E-state index >= 15 is 0 Å². The van der Waals surface area contributed by atoms with Crippen LogP contribution in [0.3, 0.4) is 0 Å². The third kappa shape index (κ3) is 3.79. The highest BCUT2D eigenvalue weighted by Gasteiger charge is 2.23. The van der Waals surface area contributed by atoms with Gasteiger partial charge in [-0.1, -0.05) is 36.4 Å². The molecular weight excluding hydrogens is 428 g/mol. The number of aromatic nitrogens is 2. The summed E-state index contributed by atoms with van der Waals surface area (Å²) in [6.07, 6.45) is 4.36. The van der Waals surface area contributed by atoms with Crippen LogP contribution in [-0.4, -0.2) is 0 Å². The van der Waals surface area contributed by atoms with E-state index in [4.69, 9.17) is 4.42 Å². The van der Waals surface area contributed by atoms with Crippen molar-refractivity contribution in [3.8, 4) is 22.5 Å². The number of nitrogens with zero attached hydrogens (tertiary/aromatic N) is 2. The van der Waals surface area contributed by atoms with Crippen molar-refractivity contribution in [2.75, 3.05) is 0 Å². The molecule has 3 aromatic heterocycles. The minimum Gasteiger partial charge on any atom is -0.456 e. The highest BCUT2D eigenvalue weighted by atomic mass is 16.3. The van der Waals surface area contributed by atoms with Crippen molar-refractivity contribution in [1.29, 1.82) is 0 Å². The molecule has 0 unspecified atom stereocenters. The Balaban J connectivity index is 1.59. The molecule has 0 saturated heterocycles. The normalized spacial score (nSPS) is 11.4. The maximum atomic E-state index is 6.29. The van der Waals surface area contributed by atoms with Crippen LogP contribution in [0.4, 0.5) is 0 Å². The Bertz CT molecular complexity index is 1710. The fourth-order valence-corrected chi connectivity index (χ4v) is 5.07. The number of fused-ring (bicyclic) bond motifs is 3. The van der Waals surface area contributed by atoms with Gasteiger partial charge in [0.1, 0.15) is 18.2 Å². The van der Waals surface area contributed by atoms with Crippen molar-refractivity contribution in [2.24, 2.45) is 7.05 Å². The fourth-order valence-electron chi connectivity index (χ4n) is 5.07. The summed E-state index contributed by atoms with van der Waals surface area (Å²) in [4.78, 5) is 0. The van der Waals surface area contributed by atoms with Gasteiger partial charge in [0.15, 0.2) is 18.9 Å². The molecule has 0 amide bonds. The molecule has 0 radical (unpaired) electrons. The van der Waals surface area contributed by atoms with Gasteiger partial charge >= 0.3 is 0 Å². The SMILES string of the molecule is Cc1ccc(-c2ccccc2C)[n+](Cc2cc3oc4ccccc4c3cc2-c2cccc[n+]2C)c1. The topological polar surface area (TPSA) is 20.9 Å². The number of rotatable bonds is 4. The number of furan rings is 1. The van der Waals surface area contributed by atoms with Crippen molar-refractivity contribution in [2.45, 2.75) is 20.4 Å². The summed E-state index contributed by atoms with van der Waals surface area (Å²) in [7, 11) is 2.11. The molecule has 3 nitrogen and oxygen atoms in total. The Morgan fingerprint density at radius 2 is 1.49 bits per heavy atom. The second-order valence-electron chi connectivity index (χ2n) is 9.34. The molecule has 0 atom stereocenters. The molecule has 0 spiro atoms. The summed E-state index contributed by atoms with van der Waals surface area (Å²) in [5, 5.41) is 2.30. The van der Waals surface area contributed by atoms with Crippen molar-refractivity contribution in [3.63, 3.8) is 0 Å². The first kappa shape index (κ1) is 21.3. The Hall–Kier alpha value is -4.24. The van der Waals surface area contributed by atoms with Crippen LogP contribution >= 0.6 is 0 Å². The molecule has 3 heterocycles. The van der Waals surface area contributed by atoms with Crippen LogP contribution in [0.2, 0.25) is 0 Å². The maximum absolute atomic E-state index is 6.29. The highest BCUT2D eigenvalue weighted by Crippen LogP contribution is 2.34. The van der Waals surface area contributed by atoms with E-state index in [0.29, 0.717) is 0 Å². The van der Waals surface area contributed by atoms with Gasteiger partial charge in [0.25, 0.3) is 0 Å². The van der Waals surface area contributed by atoms with Crippen LogP contribution in [-0.2, 0) is 13.6 Å². The molecule has 3 aromatic carbocycles. The molecule has 0 N–H and O–H groups in total. The lowest BCUT2D eigenvalue weighted by molar-refractivity contribution is -0.678. The van der Waals surface area contributed by atoms with Crippen molar-refractivity contribution in [1.82, 2.24) is 0 Å². The number of benzene rings is 3. The minimum atomic E-state index is 0.739. The summed E-state index contributed by atoms with van der Waals surface area (Å²) in [6, 6.07) is 32.2. The summed E-state index contributed by atoms with van der Waals surface area (Å²) >= 11 is 0. The molecule has 0 aliphatic carbocycles. The Morgan fingerprint density at radius 3 is 2.34 bits per heavy atom. The third-order valence-electron chi connectivity index (χ3n) is 6.87. The van der Waals surface area contributed by atoms with Gasteiger partial charge in [-0.3, -0.25) is 0 Å². The summed E-state index contributed by atoms with van der Waals surface area (Å²) < 4.78 is 10.9. The van der Waals surface area contributed by atoms with E-state index in [-0.39, 0.29) is 0 Å². The number of pyridine rings is 2. The van der Waals surface area contributed by atoms with Gasteiger partial charge in [0, 0.05) is 45.7 Å². The lowest BCUT2D eigenvalue weighted by atomic mass is 9.99. The van der Waals surface area contributed by atoms with E-state index < -0.39 is 0 Å². The van der Waals surface area contributed by atoms with Gasteiger partial charge in [-0.15, -0.1) is 0 Å². The second-order valence-corrected chi connectivity index (χ2v) is 9.34. The highest BCUT2D eigenvalue weighted by molar-refractivity contribution is 6.06. The molecule has 0 fully saturated rings. The van der Waals surface area contributed by atoms with Crippen LogP contribution in [0, 0.1) is 13.8 Å². The number of hydrogen-bond acceptors (Lipinski definition) is 1. The molecule has 0 aliphatic heterocycles. The number of aryl methyl sites for hydroxylation is 3. The molecule has 170 valence electrons. The summed E-state index contributed by atoms with van der Waals surface area (Å²) in [5.74, 6) is 0. The lowest BCUT2D eigenvalue weighted by Crippen LogP contribution is -2.38. The standard InChI is InChI=1S/C32H28N2O/c1-22-15-16-30(25-11-5-4-10-23(25)2)34(20-22)21-24-18-32-28(26-12-6-7-14-31(26)35-32)19-27(24)29-13-8-9-17-33(29)3/h4-20H,21H2,1-3H3/q+2. The molecule has 6 aromatic rings. The van der Waals surface area contributed by atoms with E-state index in [1.165, 1.54) is 39.2 Å². The molecule has 0 aliphatic rings. The first-order valence-corrected chi connectivity index (χ1v) is 12.0. The van der Waals surface area contributed by atoms with E-state index in [1.807, 2.05) is 12.1 Å². The minimum absolute atomic E-state index is 0.739. The molecule has 35 heavy (non-hydrogen) atoms. The summed E-state index contributed by atoms with van der Waals surface area (Å²) in [5.41, 5.74) is 10.4. The largest absolute Gasteiger partial charge is 0.456 e. The zero-order chi connectivity index (χ0) is 23.9. The number of para-hydroxylation sites is 1. The maximum Gasteiger partial charge on any atom is 0.213 e. The van der Waals surface area contributed by atoms with E-state index in [1.54, 1.807) is 0 Å². The fraction of sp³-hybridized carbons (Fsp3) is 0.125. The predicted molar refractivity (Wildman–Crippen MR) is 141 cm³/mol. The average Bonchev–Trinajstić information content (AvgIpc) is 3.22. The summed E-state index contributed by atoms with van der Waals surface area (Å²) in [6.45, 7) is 5.07. The lowest BCUT2D eigenvalue weighted by Gasteiger charge is -2.11. The number of hydrogen-bond donors (Lipinski definition) is 0. The van der Waals surface area contributed by atoms with Crippen LogP contribution in [0.25, 0.3) is 44.5 Å². The molecule has 0 bridgehead atoms. The first-order valence-electron chi connectivity index (χ1n) is 12.0. The van der Waals surface area contributed by atoms with Gasteiger partial charge in [-0.2, -0.15) is 4.57 Å². The average molecular weight is 457 g/mol. The van der Waals surface area contributed by atoms with Crippen LogP contribution in [0.1, 0.15) is 16.7 Å². The Morgan fingerprint density at radius 1 is 0.686 bits per heavy atom. The van der Waals surface area contributed by atoms with Gasteiger partial charge in [0.2, 0.25) is 11.4 Å². The van der Waals surface area contributed by atoms with Crippen LogP contribution in [0.15, 0.2) is 108 Å². The van der Waals surface area contributed by atoms with E-state index in [2.05, 4.69) is 121 Å². The molecular formula is C32H28N2O+2. The molecule has 3 heteroatoms. The van der Waals surface area contributed by atoms with Crippen LogP contribution in [0.5, 0.6) is 0 Å². The van der Waals surface area contributed by atoms with Gasteiger partial charge in [-0.05, 0) is 55.8 Å². The third-order valence-corrected chi connectivity index (χ3v) is 6.87. The second kappa shape index (κ2) is 8.52. The monoisotopic (exact) mass is 456 g/mol. The van der Waals surface area contributed by atoms with E-state index in [9.17, 15) is 0 Å². The molecule has 0 saturated carbocycles. The van der Waals surface area contributed by atoms with Gasteiger partial charge in [-0.25, -0.2) is 4.57 Å². The Kier molecular flexibility index (Phi) is 5.18. The van der Waals surface area contributed by atoms with Crippen LogP contribution < -0.4 is 9.13 Å². The smallest absolute Gasteiger partial charge is 0.213 e. The molecule has 6 rings (SSSR count). The van der Waals surface area contributed by atoms with Crippen molar-refractivity contribution < 1.29 is 13.6 Å².